The van der Waals surface area contributed by atoms with E-state index >= 15 is 0 Å². The Morgan fingerprint density at radius 3 is 2.67 bits per heavy atom. The van der Waals surface area contributed by atoms with Gasteiger partial charge >= 0.3 is 0 Å². The van der Waals surface area contributed by atoms with Crippen LogP contribution in [0, 0.1) is 5.92 Å². The Morgan fingerprint density at radius 1 is 1.05 bits per heavy atom. The normalized spacial score (nSPS) is 25.3. The zero-order valence-electron chi connectivity index (χ0n) is 13.6. The van der Waals surface area contributed by atoms with Crippen molar-refractivity contribution < 1.29 is 4.74 Å². The highest BCUT2D eigenvalue weighted by Gasteiger charge is 2.21. The van der Waals surface area contributed by atoms with Crippen molar-refractivity contribution in [1.29, 1.82) is 0 Å². The molecule has 1 fully saturated rings. The van der Waals surface area contributed by atoms with Gasteiger partial charge in [-0.3, -0.25) is 0 Å². The van der Waals surface area contributed by atoms with Crippen LogP contribution < -0.4 is 0 Å². The Morgan fingerprint density at radius 2 is 1.86 bits per heavy atom. The van der Waals surface area contributed by atoms with E-state index in [1.54, 1.807) is 12.7 Å². The molecule has 2 aliphatic heterocycles. The number of ether oxygens (including phenoxy) is 1. The molecule has 21 heavy (non-hydrogen) atoms. The quantitative estimate of drug-likeness (QED) is 0.780. The van der Waals surface area contributed by atoms with E-state index in [1.807, 2.05) is 0 Å². The number of rotatable bonds is 3. The molecule has 0 atom stereocenters. The summed E-state index contributed by atoms with van der Waals surface area (Å²) in [5.74, 6) is 1.94. The summed E-state index contributed by atoms with van der Waals surface area (Å²) in [6.07, 6.45) is 13.3. The Bertz CT molecular complexity index is 407. The van der Waals surface area contributed by atoms with Crippen LogP contribution in [0.5, 0.6) is 0 Å². The molecule has 0 N–H and O–H groups in total. The van der Waals surface area contributed by atoms with Crippen molar-refractivity contribution in [2.75, 3.05) is 26.7 Å². The van der Waals surface area contributed by atoms with Crippen LogP contribution in [0.3, 0.4) is 0 Å². The number of nitrogens with zero attached hydrogens (tertiary/aromatic N) is 2. The molecule has 0 aromatic heterocycles. The van der Waals surface area contributed by atoms with Crippen LogP contribution in [-0.4, -0.2) is 37.5 Å². The first-order valence-electron chi connectivity index (χ1n) is 8.90. The third-order valence-electron chi connectivity index (χ3n) is 5.52. The number of hydrogen-bond donors (Lipinski definition) is 0. The highest BCUT2D eigenvalue weighted by atomic mass is 16.5. The zero-order valence-corrected chi connectivity index (χ0v) is 13.6. The van der Waals surface area contributed by atoms with Crippen LogP contribution >= 0.6 is 0 Å². The van der Waals surface area contributed by atoms with E-state index in [4.69, 9.17) is 9.73 Å². The van der Waals surface area contributed by atoms with Gasteiger partial charge in [-0.05, 0) is 37.3 Å². The highest BCUT2D eigenvalue weighted by molar-refractivity contribution is 5.78. The van der Waals surface area contributed by atoms with Gasteiger partial charge in [-0.1, -0.05) is 32.1 Å². The second kappa shape index (κ2) is 7.44. The molecule has 1 saturated carbocycles. The van der Waals surface area contributed by atoms with Crippen LogP contribution in [0.25, 0.3) is 0 Å². The van der Waals surface area contributed by atoms with Crippen molar-refractivity contribution >= 4 is 5.90 Å². The van der Waals surface area contributed by atoms with Gasteiger partial charge < -0.3 is 9.64 Å². The Balaban J connectivity index is 1.48. The van der Waals surface area contributed by atoms with Gasteiger partial charge in [0.1, 0.15) is 0 Å². The summed E-state index contributed by atoms with van der Waals surface area (Å²) < 4.78 is 5.34. The van der Waals surface area contributed by atoms with Crippen molar-refractivity contribution in [3.63, 3.8) is 0 Å². The van der Waals surface area contributed by atoms with Crippen LogP contribution in [0.1, 0.15) is 64.2 Å². The van der Waals surface area contributed by atoms with Gasteiger partial charge in [-0.15, -0.1) is 0 Å². The molecule has 3 aliphatic rings. The minimum absolute atomic E-state index is 0.935. The number of aliphatic imine (C=N–C) groups is 1. The summed E-state index contributed by atoms with van der Waals surface area (Å²) in [5, 5.41) is 0. The molecule has 0 bridgehead atoms. The van der Waals surface area contributed by atoms with E-state index in [0.29, 0.717) is 0 Å². The third-order valence-corrected chi connectivity index (χ3v) is 5.52. The zero-order chi connectivity index (χ0) is 14.5. The van der Waals surface area contributed by atoms with Crippen molar-refractivity contribution in [1.82, 2.24) is 4.90 Å². The summed E-state index contributed by atoms with van der Waals surface area (Å²) in [7, 11) is 1.75. The molecular weight excluding hydrogens is 260 g/mol. The minimum atomic E-state index is 0.935. The molecule has 3 heteroatoms. The van der Waals surface area contributed by atoms with Crippen LogP contribution in [0.15, 0.2) is 16.3 Å². The van der Waals surface area contributed by atoms with Gasteiger partial charge in [0.25, 0.3) is 0 Å². The highest BCUT2D eigenvalue weighted by Crippen LogP contribution is 2.29. The molecule has 0 radical (unpaired) electrons. The van der Waals surface area contributed by atoms with Crippen LogP contribution in [0.4, 0.5) is 0 Å². The van der Waals surface area contributed by atoms with E-state index in [-0.39, 0.29) is 0 Å². The molecule has 0 spiro atoms. The second-order valence-electron chi connectivity index (χ2n) is 6.89. The maximum absolute atomic E-state index is 5.34. The number of hydrogen-bond acceptors (Lipinski definition) is 3. The van der Waals surface area contributed by atoms with E-state index < -0.39 is 0 Å². The van der Waals surface area contributed by atoms with Gasteiger partial charge in [0.05, 0.1) is 7.11 Å². The molecule has 2 heterocycles. The van der Waals surface area contributed by atoms with Gasteiger partial charge in [0.2, 0.25) is 0 Å². The summed E-state index contributed by atoms with van der Waals surface area (Å²) in [5.41, 5.74) is 2.93. The standard InChI is InChI=1S/C18H30N2O/c1-21-18-8-7-16-10-13-20(14-11-17(16)19-18)12-9-15-5-3-2-4-6-15/h15H,2-14H2,1H3. The number of methoxy groups -OCH3 is 1. The Labute approximate surface area is 129 Å². The monoisotopic (exact) mass is 290 g/mol. The fraction of sp³-hybridized carbons (Fsp3) is 0.833. The maximum atomic E-state index is 5.34. The van der Waals surface area contributed by atoms with Gasteiger partial charge in [-0.25, -0.2) is 4.99 Å². The van der Waals surface area contributed by atoms with E-state index in [2.05, 4.69) is 4.90 Å². The minimum Gasteiger partial charge on any atom is -0.484 e. The predicted molar refractivity (Wildman–Crippen MR) is 87.6 cm³/mol. The molecule has 0 saturated heterocycles. The predicted octanol–water partition coefficient (Wildman–Crippen LogP) is 4.15. The van der Waals surface area contributed by atoms with Crippen molar-refractivity contribution in [3.05, 3.63) is 11.3 Å². The van der Waals surface area contributed by atoms with Gasteiger partial charge in [-0.2, -0.15) is 0 Å². The second-order valence-corrected chi connectivity index (χ2v) is 6.89. The smallest absolute Gasteiger partial charge is 0.188 e. The lowest BCUT2D eigenvalue weighted by atomic mass is 9.87. The molecule has 0 unspecified atom stereocenters. The molecule has 1 aliphatic carbocycles. The van der Waals surface area contributed by atoms with Crippen molar-refractivity contribution in [2.45, 2.75) is 64.2 Å². The summed E-state index contributed by atoms with van der Waals surface area (Å²) >= 11 is 0. The lowest BCUT2D eigenvalue weighted by Gasteiger charge is -2.26. The van der Waals surface area contributed by atoms with Gasteiger partial charge in [0.15, 0.2) is 5.90 Å². The van der Waals surface area contributed by atoms with Gasteiger partial charge in [0, 0.05) is 31.6 Å². The first-order chi connectivity index (χ1) is 10.3. The maximum Gasteiger partial charge on any atom is 0.188 e. The summed E-state index contributed by atoms with van der Waals surface area (Å²) in [6, 6.07) is 0. The Hall–Kier alpha value is -0.830. The van der Waals surface area contributed by atoms with Crippen molar-refractivity contribution in [2.24, 2.45) is 10.9 Å². The van der Waals surface area contributed by atoms with Crippen molar-refractivity contribution in [3.8, 4) is 0 Å². The third kappa shape index (κ3) is 4.09. The SMILES string of the molecule is COC1=NC2=C(CC1)CCN(CCC1CCCCC1)CC2. The summed E-state index contributed by atoms with van der Waals surface area (Å²) in [6.45, 7) is 3.72. The largest absolute Gasteiger partial charge is 0.484 e. The molecular formula is C18H30N2O. The lowest BCUT2D eigenvalue weighted by Crippen LogP contribution is -2.28. The fourth-order valence-corrected chi connectivity index (χ4v) is 4.07. The average molecular weight is 290 g/mol. The molecule has 0 amide bonds. The summed E-state index contributed by atoms with van der Waals surface area (Å²) in [4.78, 5) is 7.39. The van der Waals surface area contributed by atoms with E-state index in [1.165, 1.54) is 76.7 Å². The topological polar surface area (TPSA) is 24.8 Å². The molecule has 3 rings (SSSR count). The van der Waals surface area contributed by atoms with Crippen LogP contribution in [0.2, 0.25) is 0 Å². The fourth-order valence-electron chi connectivity index (χ4n) is 4.07. The lowest BCUT2D eigenvalue weighted by molar-refractivity contribution is 0.239. The Kier molecular flexibility index (Phi) is 5.34. The molecule has 0 aromatic rings. The van der Waals surface area contributed by atoms with E-state index in [9.17, 15) is 0 Å². The molecule has 0 aromatic carbocycles. The average Bonchev–Trinajstić information content (AvgIpc) is 2.75. The van der Waals surface area contributed by atoms with Crippen LogP contribution in [-0.2, 0) is 4.74 Å². The first-order valence-corrected chi connectivity index (χ1v) is 8.90. The van der Waals surface area contributed by atoms with E-state index in [0.717, 1.165) is 24.7 Å². The molecule has 118 valence electrons. The first kappa shape index (κ1) is 15.1. The molecule has 3 nitrogen and oxygen atoms in total.